The van der Waals surface area contributed by atoms with Gasteiger partial charge in [0.1, 0.15) is 0 Å². The van der Waals surface area contributed by atoms with Crippen LogP contribution in [0.4, 0.5) is 0 Å². The topological polar surface area (TPSA) is 29.9 Å². The van der Waals surface area contributed by atoms with Crippen molar-refractivity contribution in [3.63, 3.8) is 0 Å². The summed E-state index contributed by atoms with van der Waals surface area (Å²) in [6, 6.07) is 6.20. The van der Waals surface area contributed by atoms with Gasteiger partial charge in [0, 0.05) is 10.5 Å². The highest BCUT2D eigenvalue weighted by molar-refractivity contribution is 9.10. The van der Waals surface area contributed by atoms with Crippen molar-refractivity contribution in [1.82, 2.24) is 15.1 Å². The fourth-order valence-electron chi connectivity index (χ4n) is 2.22. The van der Waals surface area contributed by atoms with Crippen LogP contribution in [0.5, 0.6) is 0 Å². The van der Waals surface area contributed by atoms with E-state index in [1.807, 2.05) is 36.1 Å². The first-order valence-electron chi connectivity index (χ1n) is 6.31. The second-order valence-electron chi connectivity index (χ2n) is 4.78. The number of halogens is 3. The standard InChI is InChI=1S/C14H16Br2ClN3/c1-8(2)20-14(11(16)7-19-20)13(18-3)9-5-4-6-10(15)12(9)17/h4-8,13,18H,1-3H3. The molecule has 0 saturated carbocycles. The van der Waals surface area contributed by atoms with E-state index < -0.39 is 0 Å². The van der Waals surface area contributed by atoms with Crippen LogP contribution in [0.15, 0.2) is 33.3 Å². The van der Waals surface area contributed by atoms with Crippen LogP contribution in [0.3, 0.4) is 0 Å². The first kappa shape index (κ1) is 16.0. The molecule has 2 rings (SSSR count). The van der Waals surface area contributed by atoms with Crippen LogP contribution in [-0.2, 0) is 0 Å². The van der Waals surface area contributed by atoms with E-state index in [9.17, 15) is 0 Å². The highest BCUT2D eigenvalue weighted by Gasteiger charge is 2.24. The number of rotatable bonds is 4. The van der Waals surface area contributed by atoms with Crippen LogP contribution in [-0.4, -0.2) is 16.8 Å². The molecule has 1 heterocycles. The third-order valence-corrected chi connectivity index (χ3v) is 5.05. The van der Waals surface area contributed by atoms with Gasteiger partial charge in [0.2, 0.25) is 0 Å². The van der Waals surface area contributed by atoms with Gasteiger partial charge in [-0.1, -0.05) is 23.7 Å². The van der Waals surface area contributed by atoms with E-state index in [-0.39, 0.29) is 12.1 Å². The lowest BCUT2D eigenvalue weighted by Crippen LogP contribution is -2.23. The van der Waals surface area contributed by atoms with Crippen molar-refractivity contribution in [2.45, 2.75) is 25.9 Å². The van der Waals surface area contributed by atoms with Gasteiger partial charge < -0.3 is 5.32 Å². The molecule has 0 saturated heterocycles. The molecule has 0 aliphatic rings. The summed E-state index contributed by atoms with van der Waals surface area (Å²) in [5, 5.41) is 8.48. The quantitative estimate of drug-likeness (QED) is 0.757. The van der Waals surface area contributed by atoms with Crippen molar-refractivity contribution in [2.24, 2.45) is 0 Å². The Balaban J connectivity index is 2.58. The van der Waals surface area contributed by atoms with Gasteiger partial charge in [-0.25, -0.2) is 0 Å². The Morgan fingerprint density at radius 2 is 1.95 bits per heavy atom. The summed E-state index contributed by atoms with van der Waals surface area (Å²) >= 11 is 13.5. The molecule has 0 aliphatic carbocycles. The number of nitrogens with one attached hydrogen (secondary N) is 1. The van der Waals surface area contributed by atoms with E-state index in [4.69, 9.17) is 11.6 Å². The van der Waals surface area contributed by atoms with Crippen LogP contribution in [0.25, 0.3) is 0 Å². The second-order valence-corrected chi connectivity index (χ2v) is 6.87. The van der Waals surface area contributed by atoms with Gasteiger partial charge in [0.25, 0.3) is 0 Å². The molecule has 0 fully saturated rings. The smallest absolute Gasteiger partial charge is 0.0772 e. The van der Waals surface area contributed by atoms with Crippen LogP contribution in [0, 0.1) is 0 Å². The van der Waals surface area contributed by atoms with Crippen molar-refractivity contribution in [1.29, 1.82) is 0 Å². The highest BCUT2D eigenvalue weighted by Crippen LogP contribution is 2.36. The van der Waals surface area contributed by atoms with Gasteiger partial charge in [-0.3, -0.25) is 4.68 Å². The van der Waals surface area contributed by atoms with Crippen molar-refractivity contribution < 1.29 is 0 Å². The highest BCUT2D eigenvalue weighted by atomic mass is 79.9. The lowest BCUT2D eigenvalue weighted by atomic mass is 10.0. The van der Waals surface area contributed by atoms with Crippen molar-refractivity contribution >= 4 is 43.5 Å². The minimum absolute atomic E-state index is 0.0284. The number of hydrogen-bond donors (Lipinski definition) is 1. The Morgan fingerprint density at radius 1 is 1.25 bits per heavy atom. The first-order valence-corrected chi connectivity index (χ1v) is 8.27. The summed E-state index contributed by atoms with van der Waals surface area (Å²) in [6.07, 6.45) is 1.82. The molecular formula is C14H16Br2ClN3. The third-order valence-electron chi connectivity index (χ3n) is 3.13. The van der Waals surface area contributed by atoms with E-state index >= 15 is 0 Å². The summed E-state index contributed by atoms with van der Waals surface area (Å²) in [7, 11) is 1.92. The molecule has 1 atom stereocenters. The van der Waals surface area contributed by atoms with Crippen LogP contribution < -0.4 is 5.32 Å². The average molecular weight is 422 g/mol. The average Bonchev–Trinajstić information content (AvgIpc) is 2.78. The molecule has 2 aromatic rings. The summed E-state index contributed by atoms with van der Waals surface area (Å²) in [5.74, 6) is 0. The van der Waals surface area contributed by atoms with E-state index in [0.29, 0.717) is 0 Å². The maximum atomic E-state index is 6.44. The van der Waals surface area contributed by atoms with Crippen molar-refractivity contribution in [3.05, 3.63) is 49.6 Å². The number of benzene rings is 1. The van der Waals surface area contributed by atoms with Crippen molar-refractivity contribution in [3.8, 4) is 0 Å². The Hall–Kier alpha value is -0.360. The SMILES string of the molecule is CNC(c1cccc(Br)c1Cl)c1c(Br)cnn1C(C)C. The van der Waals surface area contributed by atoms with E-state index in [2.05, 4.69) is 56.1 Å². The van der Waals surface area contributed by atoms with Gasteiger partial charge in [-0.2, -0.15) is 5.10 Å². The number of nitrogens with zero attached hydrogens (tertiary/aromatic N) is 2. The summed E-state index contributed by atoms with van der Waals surface area (Å²) < 4.78 is 3.87. The van der Waals surface area contributed by atoms with E-state index in [1.165, 1.54) is 0 Å². The van der Waals surface area contributed by atoms with Crippen LogP contribution in [0.1, 0.15) is 37.2 Å². The van der Waals surface area contributed by atoms with Crippen LogP contribution in [0.2, 0.25) is 5.02 Å². The number of hydrogen-bond acceptors (Lipinski definition) is 2. The fourth-order valence-corrected chi connectivity index (χ4v) is 3.33. The zero-order valence-electron chi connectivity index (χ0n) is 11.5. The Kier molecular flexibility index (Phi) is 5.29. The van der Waals surface area contributed by atoms with Gasteiger partial charge >= 0.3 is 0 Å². The van der Waals surface area contributed by atoms with Crippen LogP contribution >= 0.6 is 43.5 Å². The molecule has 1 N–H and O–H groups in total. The largest absolute Gasteiger partial charge is 0.308 e. The minimum Gasteiger partial charge on any atom is -0.308 e. The zero-order valence-corrected chi connectivity index (χ0v) is 15.4. The Labute approximate surface area is 141 Å². The van der Waals surface area contributed by atoms with E-state index in [1.54, 1.807) is 0 Å². The molecule has 0 radical (unpaired) electrons. The zero-order chi connectivity index (χ0) is 14.9. The lowest BCUT2D eigenvalue weighted by molar-refractivity contribution is 0.483. The maximum Gasteiger partial charge on any atom is 0.0772 e. The Bertz CT molecular complexity index is 610. The van der Waals surface area contributed by atoms with Gasteiger partial charge in [-0.15, -0.1) is 0 Å². The summed E-state index contributed by atoms with van der Waals surface area (Å²) in [5.41, 5.74) is 2.09. The molecule has 0 amide bonds. The molecule has 1 aromatic heterocycles. The van der Waals surface area contributed by atoms with Gasteiger partial charge in [0.05, 0.1) is 27.4 Å². The summed E-state index contributed by atoms with van der Waals surface area (Å²) in [4.78, 5) is 0. The van der Waals surface area contributed by atoms with Gasteiger partial charge in [0.15, 0.2) is 0 Å². The summed E-state index contributed by atoms with van der Waals surface area (Å²) in [6.45, 7) is 4.22. The molecule has 6 heteroatoms. The number of aromatic nitrogens is 2. The minimum atomic E-state index is -0.0284. The second kappa shape index (κ2) is 6.60. The first-order chi connectivity index (χ1) is 9.47. The molecule has 0 spiro atoms. The maximum absolute atomic E-state index is 6.44. The predicted molar refractivity (Wildman–Crippen MR) is 90.4 cm³/mol. The normalized spacial score (nSPS) is 12.9. The molecule has 0 bridgehead atoms. The molecule has 108 valence electrons. The third kappa shape index (κ3) is 2.96. The molecule has 20 heavy (non-hydrogen) atoms. The Morgan fingerprint density at radius 3 is 2.55 bits per heavy atom. The monoisotopic (exact) mass is 419 g/mol. The van der Waals surface area contributed by atoms with E-state index in [0.717, 1.165) is 25.2 Å². The molecule has 0 aliphatic heterocycles. The molecular weight excluding hydrogens is 405 g/mol. The van der Waals surface area contributed by atoms with Gasteiger partial charge in [-0.05, 0) is 64.4 Å². The molecule has 1 unspecified atom stereocenters. The molecule has 3 nitrogen and oxygen atoms in total. The fraction of sp³-hybridized carbons (Fsp3) is 0.357. The lowest BCUT2D eigenvalue weighted by Gasteiger charge is -2.22. The van der Waals surface area contributed by atoms with Crippen molar-refractivity contribution in [2.75, 3.05) is 7.05 Å². The predicted octanol–water partition coefficient (Wildman–Crippen LogP) is 4.95. The molecule has 1 aromatic carbocycles.